The van der Waals surface area contributed by atoms with Gasteiger partial charge in [0.15, 0.2) is 0 Å². The maximum absolute atomic E-state index is 2.57. The highest BCUT2D eigenvalue weighted by atomic mass is 15.4. The molecule has 2 rings (SSSR count). The minimum absolute atomic E-state index is 0.992. The van der Waals surface area contributed by atoms with Gasteiger partial charge in [-0.3, -0.25) is 0 Å². The van der Waals surface area contributed by atoms with Crippen molar-refractivity contribution in [1.82, 2.24) is 4.90 Å². The van der Waals surface area contributed by atoms with Crippen LogP contribution in [0.5, 0.6) is 0 Å². The Morgan fingerprint density at radius 1 is 1.00 bits per heavy atom. The van der Waals surface area contributed by atoms with Gasteiger partial charge < -0.3 is 9.80 Å². The predicted molar refractivity (Wildman–Crippen MR) is 118 cm³/mol. The number of hydrogen-bond donors (Lipinski definition) is 0. The lowest BCUT2D eigenvalue weighted by atomic mass is 10.0. The highest BCUT2D eigenvalue weighted by Crippen LogP contribution is 2.31. The molecule has 0 amide bonds. The topological polar surface area (TPSA) is 6.48 Å². The van der Waals surface area contributed by atoms with Crippen molar-refractivity contribution >= 4 is 5.69 Å². The largest absolute Gasteiger partial charge is 0.352 e. The molecule has 0 spiro atoms. The highest BCUT2D eigenvalue weighted by molar-refractivity contribution is 5.61. The van der Waals surface area contributed by atoms with Crippen LogP contribution in [0.25, 0.3) is 0 Å². The summed E-state index contributed by atoms with van der Waals surface area (Å²) in [5.41, 5.74) is 9.96. The molecule has 2 heteroatoms. The van der Waals surface area contributed by atoms with Gasteiger partial charge >= 0.3 is 0 Å². The molecule has 1 aromatic carbocycles. The third-order valence-corrected chi connectivity index (χ3v) is 5.07. The van der Waals surface area contributed by atoms with Crippen molar-refractivity contribution in [3.8, 4) is 0 Å². The maximum atomic E-state index is 2.57. The first-order valence-electron chi connectivity index (χ1n) is 10.3. The zero-order valence-electron chi connectivity index (χ0n) is 18.7. The van der Waals surface area contributed by atoms with Gasteiger partial charge in [0.1, 0.15) is 0 Å². The molecule has 0 unspecified atom stereocenters. The molecule has 0 bridgehead atoms. The zero-order valence-corrected chi connectivity index (χ0v) is 18.7. The van der Waals surface area contributed by atoms with Gasteiger partial charge in [0.2, 0.25) is 0 Å². The molecule has 2 nitrogen and oxygen atoms in total. The fourth-order valence-electron chi connectivity index (χ4n) is 4.05. The fourth-order valence-corrected chi connectivity index (χ4v) is 4.05. The van der Waals surface area contributed by atoms with Gasteiger partial charge in [-0.2, -0.15) is 0 Å². The predicted octanol–water partition coefficient (Wildman–Crippen LogP) is 6.76. The Kier molecular flexibility index (Phi) is 8.98. The number of benzene rings is 1. The average Bonchev–Trinajstić information content (AvgIpc) is 3.05. The maximum Gasteiger partial charge on any atom is 0.0904 e. The molecular weight excluding hydrogens is 316 g/mol. The van der Waals surface area contributed by atoms with E-state index in [0.717, 1.165) is 32.6 Å². The van der Waals surface area contributed by atoms with Crippen molar-refractivity contribution in [2.75, 3.05) is 24.7 Å². The first-order valence-corrected chi connectivity index (χ1v) is 10.3. The molecular formula is C24H40N2. The molecule has 1 saturated heterocycles. The summed E-state index contributed by atoms with van der Waals surface area (Å²) in [7, 11) is 0. The molecule has 0 N–H and O–H groups in total. The van der Waals surface area contributed by atoms with Gasteiger partial charge in [-0.15, -0.1) is 0 Å². The molecule has 26 heavy (non-hydrogen) atoms. The molecule has 1 heterocycles. The van der Waals surface area contributed by atoms with E-state index >= 15 is 0 Å². The molecule has 1 fully saturated rings. The summed E-state index contributed by atoms with van der Waals surface area (Å²) in [5.74, 6) is 0. The summed E-state index contributed by atoms with van der Waals surface area (Å²) in [6, 6.07) is 4.61. The Hall–Kier alpha value is -1.70. The molecule has 1 aromatic rings. The van der Waals surface area contributed by atoms with Crippen LogP contribution in [-0.2, 0) is 0 Å². The smallest absolute Gasteiger partial charge is 0.0904 e. The van der Waals surface area contributed by atoms with Gasteiger partial charge in [-0.1, -0.05) is 51.5 Å². The van der Waals surface area contributed by atoms with Crippen molar-refractivity contribution in [2.24, 2.45) is 0 Å². The Morgan fingerprint density at radius 3 is 2.08 bits per heavy atom. The average molecular weight is 357 g/mol. The molecule has 1 aliphatic rings. The van der Waals surface area contributed by atoms with Crippen molar-refractivity contribution < 1.29 is 0 Å². The van der Waals surface area contributed by atoms with Gasteiger partial charge in [0.05, 0.1) is 6.67 Å². The summed E-state index contributed by atoms with van der Waals surface area (Å²) in [6.45, 7) is 22.9. The number of allylic oxidation sites excluding steroid dienone is 3. The lowest BCUT2D eigenvalue weighted by molar-refractivity contribution is 0.430. The summed E-state index contributed by atoms with van der Waals surface area (Å²) in [5, 5.41) is 0. The minimum atomic E-state index is 0.992. The van der Waals surface area contributed by atoms with Crippen LogP contribution in [0.2, 0.25) is 0 Å². The van der Waals surface area contributed by atoms with Crippen LogP contribution in [0.1, 0.15) is 71.1 Å². The monoisotopic (exact) mass is 356 g/mol. The van der Waals surface area contributed by atoms with E-state index in [4.69, 9.17) is 0 Å². The van der Waals surface area contributed by atoms with E-state index in [1.54, 1.807) is 0 Å². The highest BCUT2D eigenvalue weighted by Gasteiger charge is 2.25. The standard InChI is InChI=1S/C22H34N2.C2H6/c1-8-10-18(5)21(17(4)9-2)23-11-12-24(15-23)22-19(6)13-16(3)14-20(22)7;1-2/h10,13-14H,8-9,11-12,15H2,1-7H3;1-2H3/b18-10-,21-17+;. The van der Waals surface area contributed by atoms with Crippen molar-refractivity contribution in [1.29, 1.82) is 0 Å². The normalized spacial score (nSPS) is 15.7. The summed E-state index contributed by atoms with van der Waals surface area (Å²) in [4.78, 5) is 5.12. The third kappa shape index (κ3) is 5.16. The number of anilines is 1. The molecule has 0 saturated carbocycles. The second-order valence-corrected chi connectivity index (χ2v) is 7.19. The molecule has 0 aliphatic carbocycles. The van der Waals surface area contributed by atoms with Crippen LogP contribution < -0.4 is 4.90 Å². The number of aryl methyl sites for hydroxylation is 3. The molecule has 0 radical (unpaired) electrons. The van der Waals surface area contributed by atoms with E-state index in [1.807, 2.05) is 13.8 Å². The SMILES string of the molecule is CC.CC/C=C(C)\C(=C(\C)CC)N1CCN(c2c(C)cc(C)cc2C)C1. The summed E-state index contributed by atoms with van der Waals surface area (Å²) < 4.78 is 0. The summed E-state index contributed by atoms with van der Waals surface area (Å²) >= 11 is 0. The van der Waals surface area contributed by atoms with E-state index < -0.39 is 0 Å². The van der Waals surface area contributed by atoms with Gasteiger partial charge in [0.25, 0.3) is 0 Å². The van der Waals surface area contributed by atoms with Crippen LogP contribution in [0, 0.1) is 20.8 Å². The summed E-state index contributed by atoms with van der Waals surface area (Å²) in [6.07, 6.45) is 4.57. The Morgan fingerprint density at radius 2 is 1.58 bits per heavy atom. The Balaban J connectivity index is 0.00000163. The third-order valence-electron chi connectivity index (χ3n) is 5.07. The second kappa shape index (κ2) is 10.4. The van der Waals surface area contributed by atoms with Crippen molar-refractivity contribution in [3.63, 3.8) is 0 Å². The first kappa shape index (κ1) is 22.3. The Bertz CT molecular complexity index is 629. The molecule has 0 aromatic heterocycles. The van der Waals surface area contributed by atoms with Crippen LogP contribution in [0.15, 0.2) is 35.1 Å². The lowest BCUT2D eigenvalue weighted by Crippen LogP contribution is -2.27. The molecule has 146 valence electrons. The van der Waals surface area contributed by atoms with Crippen molar-refractivity contribution in [2.45, 2.75) is 75.2 Å². The van der Waals surface area contributed by atoms with Crippen LogP contribution >= 0.6 is 0 Å². The van der Waals surface area contributed by atoms with Gasteiger partial charge in [-0.05, 0) is 69.7 Å². The number of rotatable bonds is 5. The van der Waals surface area contributed by atoms with Crippen LogP contribution in [0.3, 0.4) is 0 Å². The van der Waals surface area contributed by atoms with Gasteiger partial charge in [-0.25, -0.2) is 0 Å². The van der Waals surface area contributed by atoms with E-state index in [1.165, 1.54) is 39.2 Å². The molecule has 0 atom stereocenters. The fraction of sp³-hybridized carbons (Fsp3) is 0.583. The Labute approximate surface area is 162 Å². The van der Waals surface area contributed by atoms with Crippen LogP contribution in [0.4, 0.5) is 5.69 Å². The van der Waals surface area contributed by atoms with Crippen LogP contribution in [-0.4, -0.2) is 24.7 Å². The second-order valence-electron chi connectivity index (χ2n) is 7.19. The number of hydrogen-bond acceptors (Lipinski definition) is 2. The van der Waals surface area contributed by atoms with E-state index in [0.29, 0.717) is 0 Å². The zero-order chi connectivity index (χ0) is 19.9. The lowest BCUT2D eigenvalue weighted by Gasteiger charge is -2.28. The minimum Gasteiger partial charge on any atom is -0.352 e. The van der Waals surface area contributed by atoms with Gasteiger partial charge in [0, 0.05) is 24.5 Å². The van der Waals surface area contributed by atoms with E-state index in [9.17, 15) is 0 Å². The van der Waals surface area contributed by atoms with Crippen molar-refractivity contribution in [3.05, 3.63) is 51.7 Å². The molecule has 1 aliphatic heterocycles. The first-order chi connectivity index (χ1) is 12.4. The van der Waals surface area contributed by atoms with E-state index in [-0.39, 0.29) is 0 Å². The quantitative estimate of drug-likeness (QED) is 0.538. The number of nitrogens with zero attached hydrogens (tertiary/aromatic N) is 2. The van der Waals surface area contributed by atoms with E-state index in [2.05, 4.69) is 76.5 Å².